The molecule has 0 unspecified atom stereocenters. The van der Waals surface area contributed by atoms with Crippen molar-refractivity contribution < 1.29 is 14.3 Å². The van der Waals surface area contributed by atoms with Crippen molar-refractivity contribution in [2.45, 2.75) is 19.5 Å². The number of aryl methyl sites for hydroxylation is 1. The summed E-state index contributed by atoms with van der Waals surface area (Å²) in [6.07, 6.45) is 1.61. The van der Waals surface area contributed by atoms with Crippen LogP contribution in [0.2, 0.25) is 5.02 Å². The van der Waals surface area contributed by atoms with E-state index in [-0.39, 0.29) is 24.4 Å². The number of benzene rings is 2. The van der Waals surface area contributed by atoms with Crippen LogP contribution in [0.15, 0.2) is 47.5 Å². The molecule has 2 aromatic heterocycles. The van der Waals surface area contributed by atoms with Crippen LogP contribution < -0.4 is 20.3 Å². The molecular weight excluding hydrogens is 420 g/mol. The number of methoxy groups -OCH3 is 2. The minimum atomic E-state index is -0.246. The summed E-state index contributed by atoms with van der Waals surface area (Å²) in [5, 5.41) is 4.25. The van der Waals surface area contributed by atoms with E-state index in [4.69, 9.17) is 21.1 Å². The van der Waals surface area contributed by atoms with Crippen LogP contribution in [0.5, 0.6) is 11.5 Å². The molecule has 0 bridgehead atoms. The van der Waals surface area contributed by atoms with E-state index in [1.807, 2.05) is 12.1 Å². The molecule has 0 saturated carbocycles. The molecule has 4 aromatic rings. The number of halogens is 1. The summed E-state index contributed by atoms with van der Waals surface area (Å²) in [4.78, 5) is 32.7. The molecule has 0 aliphatic heterocycles. The first kappa shape index (κ1) is 20.7. The first-order chi connectivity index (χ1) is 15.0. The molecule has 0 radical (unpaired) electrons. The number of hydrogen-bond acceptors (Lipinski definition) is 5. The van der Waals surface area contributed by atoms with E-state index in [1.54, 1.807) is 38.5 Å². The van der Waals surface area contributed by atoms with Crippen molar-refractivity contribution >= 4 is 39.4 Å². The maximum atomic E-state index is 12.9. The Morgan fingerprint density at radius 1 is 1.16 bits per heavy atom. The molecule has 4 rings (SSSR count). The molecule has 9 heteroatoms. The number of rotatable bonds is 7. The van der Waals surface area contributed by atoms with Gasteiger partial charge in [0.05, 0.1) is 26.1 Å². The second kappa shape index (κ2) is 8.69. The first-order valence-corrected chi connectivity index (χ1v) is 10.0. The minimum absolute atomic E-state index is 0.155. The Labute approximate surface area is 182 Å². The van der Waals surface area contributed by atoms with Crippen LogP contribution in [-0.2, 0) is 17.9 Å². The Balaban J connectivity index is 1.51. The molecule has 0 aliphatic carbocycles. The maximum absolute atomic E-state index is 12.9. The van der Waals surface area contributed by atoms with Crippen LogP contribution in [0.25, 0.3) is 21.9 Å². The molecule has 2 N–H and O–H groups in total. The number of carbonyl (C=O) groups is 1. The molecule has 8 nitrogen and oxygen atoms in total. The highest BCUT2D eigenvalue weighted by atomic mass is 35.5. The van der Waals surface area contributed by atoms with Crippen molar-refractivity contribution in [2.24, 2.45) is 0 Å². The van der Waals surface area contributed by atoms with E-state index < -0.39 is 0 Å². The quantitative estimate of drug-likeness (QED) is 0.459. The third kappa shape index (κ3) is 4.20. The van der Waals surface area contributed by atoms with Gasteiger partial charge in [-0.25, -0.2) is 4.98 Å². The predicted molar refractivity (Wildman–Crippen MR) is 119 cm³/mol. The Hall–Kier alpha value is -3.52. The maximum Gasteiger partial charge on any atom is 0.277 e. The Bertz CT molecular complexity index is 1310. The van der Waals surface area contributed by atoms with Crippen molar-refractivity contribution in [3.05, 3.63) is 63.7 Å². The minimum Gasteiger partial charge on any atom is -0.493 e. The topological polar surface area (TPSA) is 98.2 Å². The number of H-pyrrole nitrogens is 1. The number of nitrogens with zero attached hydrogens (tertiary/aromatic N) is 2. The van der Waals surface area contributed by atoms with Gasteiger partial charge in [0.1, 0.15) is 11.0 Å². The lowest BCUT2D eigenvalue weighted by molar-refractivity contribution is -0.121. The molecule has 0 spiro atoms. The second-order valence-corrected chi connectivity index (χ2v) is 7.43. The van der Waals surface area contributed by atoms with Crippen LogP contribution in [0.4, 0.5) is 0 Å². The van der Waals surface area contributed by atoms with Crippen molar-refractivity contribution in [3.63, 3.8) is 0 Å². The van der Waals surface area contributed by atoms with Gasteiger partial charge in [0.15, 0.2) is 11.5 Å². The van der Waals surface area contributed by atoms with Gasteiger partial charge >= 0.3 is 0 Å². The van der Waals surface area contributed by atoms with E-state index >= 15 is 0 Å². The van der Waals surface area contributed by atoms with Gasteiger partial charge in [0, 0.05) is 36.0 Å². The number of aromatic amines is 1. The number of fused-ring (bicyclic) bond motifs is 3. The van der Waals surface area contributed by atoms with Crippen LogP contribution >= 0.6 is 11.6 Å². The van der Waals surface area contributed by atoms with Gasteiger partial charge in [-0.1, -0.05) is 23.7 Å². The van der Waals surface area contributed by atoms with E-state index in [9.17, 15) is 9.59 Å². The Morgan fingerprint density at radius 3 is 2.58 bits per heavy atom. The molecular formula is C22H21ClN4O4. The zero-order chi connectivity index (χ0) is 22.0. The molecule has 0 fully saturated rings. The molecule has 2 heterocycles. The highest BCUT2D eigenvalue weighted by Gasteiger charge is 2.15. The fraction of sp³-hybridized carbons (Fsp3) is 0.227. The smallest absolute Gasteiger partial charge is 0.277 e. The molecule has 0 aliphatic rings. The molecule has 160 valence electrons. The van der Waals surface area contributed by atoms with Gasteiger partial charge in [-0.05, 0) is 23.8 Å². The van der Waals surface area contributed by atoms with Gasteiger partial charge in [-0.2, -0.15) is 0 Å². The summed E-state index contributed by atoms with van der Waals surface area (Å²) >= 11 is 5.86. The Morgan fingerprint density at radius 2 is 1.87 bits per heavy atom. The van der Waals surface area contributed by atoms with Crippen molar-refractivity contribution in [1.82, 2.24) is 19.9 Å². The number of ether oxygens (including phenoxy) is 2. The number of hydrogen-bond donors (Lipinski definition) is 2. The third-order valence-electron chi connectivity index (χ3n) is 5.06. The van der Waals surface area contributed by atoms with Gasteiger partial charge in [0.25, 0.3) is 5.56 Å². The van der Waals surface area contributed by atoms with Gasteiger partial charge in [0.2, 0.25) is 5.91 Å². The average molecular weight is 441 g/mol. The first-order valence-electron chi connectivity index (χ1n) is 9.64. The number of amides is 1. The van der Waals surface area contributed by atoms with E-state index in [0.29, 0.717) is 34.1 Å². The molecule has 1 amide bonds. The van der Waals surface area contributed by atoms with E-state index in [1.165, 1.54) is 10.9 Å². The lowest BCUT2D eigenvalue weighted by Crippen LogP contribution is -2.27. The highest BCUT2D eigenvalue weighted by molar-refractivity contribution is 6.30. The van der Waals surface area contributed by atoms with E-state index in [0.717, 1.165) is 16.5 Å². The zero-order valence-electron chi connectivity index (χ0n) is 17.1. The summed E-state index contributed by atoms with van der Waals surface area (Å²) in [5.41, 5.74) is 2.33. The monoisotopic (exact) mass is 440 g/mol. The fourth-order valence-electron chi connectivity index (χ4n) is 3.39. The van der Waals surface area contributed by atoms with Crippen LogP contribution in [-0.4, -0.2) is 34.7 Å². The van der Waals surface area contributed by atoms with Crippen molar-refractivity contribution in [3.8, 4) is 11.5 Å². The third-order valence-corrected chi connectivity index (χ3v) is 5.31. The van der Waals surface area contributed by atoms with Gasteiger partial charge in [-0.15, -0.1) is 0 Å². The molecule has 2 aromatic carbocycles. The summed E-state index contributed by atoms with van der Waals surface area (Å²) in [6, 6.07) is 10.8. The fourth-order valence-corrected chi connectivity index (χ4v) is 3.52. The summed E-state index contributed by atoms with van der Waals surface area (Å²) in [7, 11) is 3.10. The summed E-state index contributed by atoms with van der Waals surface area (Å²) in [6.45, 7) is 0.615. The van der Waals surface area contributed by atoms with E-state index in [2.05, 4.69) is 15.3 Å². The zero-order valence-corrected chi connectivity index (χ0v) is 17.8. The Kier molecular flexibility index (Phi) is 5.81. The SMILES string of the molecule is COc1cc2[nH]c3c(=O)n(CCC(=O)NCc4ccc(Cl)cc4)cnc3c2cc1OC. The summed E-state index contributed by atoms with van der Waals surface area (Å²) in [5.74, 6) is 0.951. The van der Waals surface area contributed by atoms with Gasteiger partial charge < -0.3 is 19.8 Å². The average Bonchev–Trinajstić information content (AvgIpc) is 3.15. The lowest BCUT2D eigenvalue weighted by Gasteiger charge is -2.07. The van der Waals surface area contributed by atoms with Crippen molar-refractivity contribution in [2.75, 3.05) is 14.2 Å². The molecule has 0 atom stereocenters. The van der Waals surface area contributed by atoms with Crippen LogP contribution in [0.1, 0.15) is 12.0 Å². The predicted octanol–water partition coefficient (Wildman–Crippen LogP) is 3.25. The van der Waals surface area contributed by atoms with Crippen LogP contribution in [0, 0.1) is 0 Å². The van der Waals surface area contributed by atoms with Gasteiger partial charge in [-0.3, -0.25) is 14.2 Å². The second-order valence-electron chi connectivity index (χ2n) is 7.00. The van der Waals surface area contributed by atoms with Crippen LogP contribution in [0.3, 0.4) is 0 Å². The number of aromatic nitrogens is 3. The lowest BCUT2D eigenvalue weighted by atomic mass is 10.2. The normalized spacial score (nSPS) is 11.1. The van der Waals surface area contributed by atoms with Crippen molar-refractivity contribution in [1.29, 1.82) is 0 Å². The molecule has 0 saturated heterocycles. The number of nitrogens with one attached hydrogen (secondary N) is 2. The standard InChI is InChI=1S/C22H21ClN4O4/c1-30-17-9-15-16(10-18(17)31-2)26-21-20(15)25-12-27(22(21)29)8-7-19(28)24-11-13-3-5-14(23)6-4-13/h3-6,9-10,12,26H,7-8,11H2,1-2H3,(H,24,28). The largest absolute Gasteiger partial charge is 0.493 e. The molecule has 31 heavy (non-hydrogen) atoms. The highest BCUT2D eigenvalue weighted by Crippen LogP contribution is 2.34. The summed E-state index contributed by atoms with van der Waals surface area (Å²) < 4.78 is 12.1. The number of carbonyl (C=O) groups excluding carboxylic acids is 1.